The quantitative estimate of drug-likeness (QED) is 0.269. The maximum absolute atomic E-state index is 3.69. The van der Waals surface area contributed by atoms with Crippen LogP contribution in [0.5, 0.6) is 0 Å². The molecule has 7 rings (SSSR count). The minimum atomic E-state index is 1.18. The van der Waals surface area contributed by atoms with Gasteiger partial charge in [0.15, 0.2) is 0 Å². The average molecular weight is 388 g/mol. The first kappa shape index (κ1) is 15.5. The van der Waals surface area contributed by atoms with Gasteiger partial charge in [-0.25, -0.2) is 0 Å². The number of para-hydroxylation sites is 1. The lowest BCUT2D eigenvalue weighted by molar-refractivity contribution is 1.22. The first-order valence-corrected chi connectivity index (χ1v) is 10.6. The lowest BCUT2D eigenvalue weighted by atomic mass is 10.0. The Kier molecular flexibility index (Phi) is 2.97. The van der Waals surface area contributed by atoms with E-state index in [-0.39, 0.29) is 0 Å². The van der Waals surface area contributed by atoms with E-state index < -0.39 is 0 Å². The molecule has 0 amide bonds. The van der Waals surface area contributed by atoms with Crippen molar-refractivity contribution in [1.29, 1.82) is 0 Å². The number of nitrogens with zero attached hydrogens (tertiary/aromatic N) is 1. The summed E-state index contributed by atoms with van der Waals surface area (Å²) in [5.41, 5.74) is 3.67. The molecular weight excluding hydrogens is 372 g/mol. The molecular formula is C26H16N2S. The van der Waals surface area contributed by atoms with Gasteiger partial charge < -0.3 is 9.72 Å². The second kappa shape index (κ2) is 5.56. The third-order valence-electron chi connectivity index (χ3n) is 5.98. The van der Waals surface area contributed by atoms with Gasteiger partial charge in [-0.2, -0.15) is 0 Å². The molecule has 6 aromatic rings. The molecule has 0 radical (unpaired) electrons. The van der Waals surface area contributed by atoms with E-state index in [0.717, 1.165) is 0 Å². The predicted molar refractivity (Wildman–Crippen MR) is 124 cm³/mol. The van der Waals surface area contributed by atoms with Gasteiger partial charge in [-0.05, 0) is 40.4 Å². The zero-order valence-corrected chi connectivity index (χ0v) is 16.3. The van der Waals surface area contributed by atoms with Gasteiger partial charge in [-0.1, -0.05) is 66.4 Å². The Morgan fingerprint density at radius 3 is 2.45 bits per heavy atom. The van der Waals surface area contributed by atoms with Gasteiger partial charge in [0, 0.05) is 38.3 Å². The van der Waals surface area contributed by atoms with Gasteiger partial charge in [0.2, 0.25) is 0 Å². The topological polar surface area (TPSA) is 16.4 Å². The summed E-state index contributed by atoms with van der Waals surface area (Å²) in [5, 5.41) is 11.4. The summed E-state index contributed by atoms with van der Waals surface area (Å²) < 4.78 is 2.27. The number of aromatic nitrogens is 1. The molecule has 0 aliphatic carbocycles. The van der Waals surface area contributed by atoms with E-state index in [9.17, 15) is 0 Å². The van der Waals surface area contributed by atoms with Crippen LogP contribution in [-0.2, 0) is 0 Å². The lowest BCUT2D eigenvalue weighted by Crippen LogP contribution is -1.99. The highest BCUT2D eigenvalue weighted by atomic mass is 32.2. The van der Waals surface area contributed by atoms with Gasteiger partial charge in [-0.15, -0.1) is 0 Å². The van der Waals surface area contributed by atoms with Crippen molar-refractivity contribution in [2.75, 3.05) is 5.32 Å². The molecule has 2 nitrogen and oxygen atoms in total. The molecule has 0 bridgehead atoms. The second-order valence-electron chi connectivity index (χ2n) is 7.57. The van der Waals surface area contributed by atoms with Crippen molar-refractivity contribution in [3.8, 4) is 0 Å². The summed E-state index contributed by atoms with van der Waals surface area (Å²) in [4.78, 5) is 2.56. The zero-order chi connectivity index (χ0) is 18.9. The van der Waals surface area contributed by atoms with Gasteiger partial charge in [0.1, 0.15) is 0 Å². The molecule has 2 aromatic heterocycles. The van der Waals surface area contributed by atoms with E-state index in [1.807, 2.05) is 11.8 Å². The third-order valence-corrected chi connectivity index (χ3v) is 7.12. The summed E-state index contributed by atoms with van der Waals surface area (Å²) in [7, 11) is 0. The second-order valence-corrected chi connectivity index (χ2v) is 8.66. The van der Waals surface area contributed by atoms with Crippen molar-refractivity contribution in [3.05, 3.63) is 91.3 Å². The van der Waals surface area contributed by atoms with Crippen LogP contribution < -0.4 is 5.32 Å². The average Bonchev–Trinajstić information content (AvgIpc) is 3.17. The third kappa shape index (κ3) is 2.08. The van der Waals surface area contributed by atoms with Crippen LogP contribution in [0.2, 0.25) is 0 Å². The Morgan fingerprint density at radius 2 is 1.45 bits per heavy atom. The molecule has 4 aromatic carbocycles. The van der Waals surface area contributed by atoms with Crippen LogP contribution >= 0.6 is 11.8 Å². The minimum absolute atomic E-state index is 1.18. The van der Waals surface area contributed by atoms with Crippen LogP contribution in [0.3, 0.4) is 0 Å². The van der Waals surface area contributed by atoms with Crippen molar-refractivity contribution < 1.29 is 0 Å². The molecule has 0 atom stereocenters. The number of hydrogen-bond acceptors (Lipinski definition) is 2. The van der Waals surface area contributed by atoms with E-state index in [1.54, 1.807) is 0 Å². The molecule has 1 aliphatic rings. The van der Waals surface area contributed by atoms with Gasteiger partial charge in [-0.3, -0.25) is 0 Å². The SMILES string of the molecule is c1ccc2c(c1)Nc1c(ccc3c1cn1ccc4c5ccccc5ccc4c31)S2. The molecule has 29 heavy (non-hydrogen) atoms. The van der Waals surface area contributed by atoms with Crippen molar-refractivity contribution >= 4 is 61.0 Å². The van der Waals surface area contributed by atoms with Crippen LogP contribution in [0.25, 0.3) is 37.8 Å². The van der Waals surface area contributed by atoms with Crippen LogP contribution in [-0.4, -0.2) is 4.40 Å². The Balaban J connectivity index is 1.58. The molecule has 136 valence electrons. The minimum Gasteiger partial charge on any atom is -0.353 e. The summed E-state index contributed by atoms with van der Waals surface area (Å²) in [5.74, 6) is 0. The molecule has 3 heteroatoms. The largest absolute Gasteiger partial charge is 0.353 e. The van der Waals surface area contributed by atoms with E-state index in [2.05, 4.69) is 101 Å². The first-order chi connectivity index (χ1) is 14.4. The highest BCUT2D eigenvalue weighted by Crippen LogP contribution is 2.48. The van der Waals surface area contributed by atoms with Crippen molar-refractivity contribution in [3.63, 3.8) is 0 Å². The number of nitrogens with one attached hydrogen (secondary N) is 1. The fourth-order valence-electron chi connectivity index (χ4n) is 4.65. The maximum atomic E-state index is 3.69. The highest BCUT2D eigenvalue weighted by molar-refractivity contribution is 7.99. The van der Waals surface area contributed by atoms with Crippen LogP contribution in [0, 0.1) is 0 Å². The molecule has 1 N–H and O–H groups in total. The highest BCUT2D eigenvalue weighted by Gasteiger charge is 2.20. The Morgan fingerprint density at radius 1 is 0.621 bits per heavy atom. The van der Waals surface area contributed by atoms with E-state index >= 15 is 0 Å². The molecule has 0 saturated carbocycles. The van der Waals surface area contributed by atoms with Gasteiger partial charge >= 0.3 is 0 Å². The Labute approximate surface area is 171 Å². The number of benzene rings is 4. The molecule has 3 heterocycles. The Hall–Kier alpha value is -3.43. The van der Waals surface area contributed by atoms with Crippen molar-refractivity contribution in [2.45, 2.75) is 9.79 Å². The van der Waals surface area contributed by atoms with Crippen LogP contribution in [0.15, 0.2) is 101 Å². The van der Waals surface area contributed by atoms with Crippen LogP contribution in [0.4, 0.5) is 11.4 Å². The number of hydrogen-bond donors (Lipinski definition) is 1. The standard InChI is InChI=1S/C26H16N2S/c1-2-6-17-16(5-1)9-10-19-18(17)13-14-28-15-21-20(26(19)28)11-12-24-25(21)27-22-7-3-4-8-23(22)29-24/h1-15,27H. The first-order valence-electron chi connectivity index (χ1n) is 9.79. The molecule has 0 spiro atoms. The van der Waals surface area contributed by atoms with E-state index in [0.29, 0.717) is 0 Å². The fraction of sp³-hybridized carbons (Fsp3) is 0. The van der Waals surface area contributed by atoms with E-state index in [1.165, 1.54) is 59.0 Å². The number of rotatable bonds is 0. The van der Waals surface area contributed by atoms with Gasteiger partial charge in [0.25, 0.3) is 0 Å². The summed E-state index contributed by atoms with van der Waals surface area (Å²) >= 11 is 1.84. The van der Waals surface area contributed by atoms with Crippen LogP contribution in [0.1, 0.15) is 0 Å². The zero-order valence-electron chi connectivity index (χ0n) is 15.5. The number of fused-ring (bicyclic) bond motifs is 10. The van der Waals surface area contributed by atoms with Crippen molar-refractivity contribution in [2.24, 2.45) is 0 Å². The maximum Gasteiger partial charge on any atom is 0.0621 e. The normalized spacial score (nSPS) is 13.0. The molecule has 0 fully saturated rings. The number of pyridine rings is 1. The monoisotopic (exact) mass is 388 g/mol. The fourth-order valence-corrected chi connectivity index (χ4v) is 5.66. The summed E-state index contributed by atoms with van der Waals surface area (Å²) in [6.45, 7) is 0. The smallest absolute Gasteiger partial charge is 0.0621 e. The summed E-state index contributed by atoms with van der Waals surface area (Å²) in [6.07, 6.45) is 4.46. The molecule has 1 aliphatic heterocycles. The predicted octanol–water partition coefficient (Wildman–Crippen LogP) is 7.61. The lowest BCUT2D eigenvalue weighted by Gasteiger charge is -2.21. The molecule has 0 saturated heterocycles. The van der Waals surface area contributed by atoms with Crippen molar-refractivity contribution in [1.82, 2.24) is 4.40 Å². The summed E-state index contributed by atoms with van der Waals surface area (Å²) in [6, 6.07) is 28.4. The van der Waals surface area contributed by atoms with E-state index in [4.69, 9.17) is 0 Å². The Bertz CT molecular complexity index is 1610. The molecule has 0 unspecified atom stereocenters. The van der Waals surface area contributed by atoms with Gasteiger partial charge in [0.05, 0.1) is 16.9 Å². The number of anilines is 2.